The van der Waals surface area contributed by atoms with Gasteiger partial charge in [0.1, 0.15) is 18.6 Å². The van der Waals surface area contributed by atoms with E-state index in [-0.39, 0.29) is 18.8 Å². The van der Waals surface area contributed by atoms with Crippen molar-refractivity contribution >= 4 is 29.7 Å². The molecule has 1 aromatic heterocycles. The van der Waals surface area contributed by atoms with Gasteiger partial charge in [-0.25, -0.2) is 4.98 Å². The number of amides is 3. The Labute approximate surface area is 184 Å². The minimum Gasteiger partial charge on any atom is -0.481 e. The van der Waals surface area contributed by atoms with Gasteiger partial charge >= 0.3 is 11.9 Å². The predicted molar refractivity (Wildman–Crippen MR) is 111 cm³/mol. The normalized spacial score (nSPS) is 14.5. The third kappa shape index (κ3) is 9.12. The summed E-state index contributed by atoms with van der Waals surface area (Å²) in [6.45, 7) is 2.97. The van der Waals surface area contributed by atoms with Crippen molar-refractivity contribution in [2.75, 3.05) is 6.54 Å². The van der Waals surface area contributed by atoms with Gasteiger partial charge in [0.05, 0.1) is 12.4 Å². The number of aromatic nitrogens is 2. The Hall–Kier alpha value is -3.48. The van der Waals surface area contributed by atoms with E-state index in [0.717, 1.165) is 0 Å². The summed E-state index contributed by atoms with van der Waals surface area (Å²) in [6.07, 6.45) is 2.79. The molecule has 8 N–H and O–H groups in total. The van der Waals surface area contributed by atoms with Gasteiger partial charge in [0, 0.05) is 24.7 Å². The highest BCUT2D eigenvalue weighted by molar-refractivity contribution is 5.94. The molecule has 0 aliphatic carbocycles. The molecule has 0 aromatic carbocycles. The number of imidazole rings is 1. The molecule has 4 unspecified atom stereocenters. The molecule has 1 heterocycles. The summed E-state index contributed by atoms with van der Waals surface area (Å²) < 4.78 is 0. The summed E-state index contributed by atoms with van der Waals surface area (Å²) >= 11 is 0. The van der Waals surface area contributed by atoms with Crippen LogP contribution in [0.15, 0.2) is 12.5 Å². The van der Waals surface area contributed by atoms with E-state index in [1.807, 2.05) is 6.92 Å². The number of carboxylic acids is 2. The summed E-state index contributed by atoms with van der Waals surface area (Å²) in [5.74, 6) is -4.82. The van der Waals surface area contributed by atoms with Crippen LogP contribution in [0.5, 0.6) is 0 Å². The highest BCUT2D eigenvalue weighted by Crippen LogP contribution is 2.08. The molecule has 0 aliphatic rings. The molecule has 0 fully saturated rings. The van der Waals surface area contributed by atoms with Gasteiger partial charge in [-0.3, -0.25) is 24.0 Å². The fourth-order valence-electron chi connectivity index (χ4n) is 2.70. The zero-order chi connectivity index (χ0) is 24.3. The highest BCUT2D eigenvalue weighted by Gasteiger charge is 2.30. The Morgan fingerprint density at radius 2 is 1.72 bits per heavy atom. The van der Waals surface area contributed by atoms with E-state index in [4.69, 9.17) is 15.9 Å². The second kappa shape index (κ2) is 13.0. The molecule has 0 saturated heterocycles. The van der Waals surface area contributed by atoms with Crippen LogP contribution in [0.1, 0.15) is 38.8 Å². The lowest BCUT2D eigenvalue weighted by Gasteiger charge is -2.25. The van der Waals surface area contributed by atoms with Crippen molar-refractivity contribution in [2.45, 2.75) is 57.7 Å². The van der Waals surface area contributed by atoms with E-state index in [1.54, 1.807) is 6.92 Å². The number of rotatable bonds is 14. The quantitative estimate of drug-likeness (QED) is 0.171. The van der Waals surface area contributed by atoms with Crippen LogP contribution in [0.4, 0.5) is 0 Å². The van der Waals surface area contributed by atoms with Crippen molar-refractivity contribution in [1.29, 1.82) is 0 Å². The number of nitrogens with one attached hydrogen (secondary N) is 4. The van der Waals surface area contributed by atoms with Crippen LogP contribution >= 0.6 is 0 Å². The second-order valence-corrected chi connectivity index (χ2v) is 7.36. The summed E-state index contributed by atoms with van der Waals surface area (Å²) in [5, 5.41) is 24.7. The number of hydrogen-bond donors (Lipinski definition) is 7. The minimum atomic E-state index is -1.32. The minimum absolute atomic E-state index is 0.00714. The standard InChI is InChI=1S/C19H30N6O7/c1-3-10(2)16(20)19(32)25-13(6-11-7-21-9-23-11)18(31)24-12(4-5-14(26)27)17(30)22-8-15(28)29/h7,9-10,12-13,16H,3-6,8,20H2,1-2H3,(H,21,23)(H,22,30)(H,24,31)(H,25,32)(H,26,27)(H,28,29). The molecule has 3 amide bonds. The van der Waals surface area contributed by atoms with Crippen molar-refractivity contribution in [3.63, 3.8) is 0 Å². The summed E-state index contributed by atoms with van der Waals surface area (Å²) in [7, 11) is 0. The first-order chi connectivity index (χ1) is 15.0. The van der Waals surface area contributed by atoms with Gasteiger partial charge in [0.25, 0.3) is 0 Å². The van der Waals surface area contributed by atoms with E-state index in [1.165, 1.54) is 12.5 Å². The van der Waals surface area contributed by atoms with Gasteiger partial charge in [0.15, 0.2) is 0 Å². The first-order valence-corrected chi connectivity index (χ1v) is 10.1. The average molecular weight is 454 g/mol. The van der Waals surface area contributed by atoms with Gasteiger partial charge in [-0.15, -0.1) is 0 Å². The second-order valence-electron chi connectivity index (χ2n) is 7.36. The first kappa shape index (κ1) is 26.6. The molecule has 178 valence electrons. The lowest BCUT2D eigenvalue weighted by molar-refractivity contribution is -0.140. The maximum atomic E-state index is 12.9. The van der Waals surface area contributed by atoms with Crippen molar-refractivity contribution in [2.24, 2.45) is 11.7 Å². The number of carbonyl (C=O) groups excluding carboxylic acids is 3. The highest BCUT2D eigenvalue weighted by atomic mass is 16.4. The van der Waals surface area contributed by atoms with Crippen LogP contribution in [0.3, 0.4) is 0 Å². The Morgan fingerprint density at radius 1 is 1.06 bits per heavy atom. The summed E-state index contributed by atoms with van der Waals surface area (Å²) in [5.41, 5.74) is 6.47. The van der Waals surface area contributed by atoms with Crippen LogP contribution in [-0.2, 0) is 30.4 Å². The number of hydrogen-bond acceptors (Lipinski definition) is 7. The van der Waals surface area contributed by atoms with Gasteiger partial charge in [-0.05, 0) is 12.3 Å². The summed E-state index contributed by atoms with van der Waals surface area (Å²) in [4.78, 5) is 66.0. The van der Waals surface area contributed by atoms with E-state index in [9.17, 15) is 24.0 Å². The van der Waals surface area contributed by atoms with E-state index in [0.29, 0.717) is 12.1 Å². The molecule has 0 bridgehead atoms. The van der Waals surface area contributed by atoms with Crippen molar-refractivity contribution < 1.29 is 34.2 Å². The first-order valence-electron chi connectivity index (χ1n) is 10.1. The van der Waals surface area contributed by atoms with Gasteiger partial charge < -0.3 is 36.9 Å². The third-order valence-electron chi connectivity index (χ3n) is 4.87. The molecule has 13 nitrogen and oxygen atoms in total. The fraction of sp³-hybridized carbons (Fsp3) is 0.579. The van der Waals surface area contributed by atoms with E-state index in [2.05, 4.69) is 25.9 Å². The zero-order valence-electron chi connectivity index (χ0n) is 18.0. The molecule has 13 heteroatoms. The van der Waals surface area contributed by atoms with Crippen molar-refractivity contribution in [1.82, 2.24) is 25.9 Å². The van der Waals surface area contributed by atoms with Crippen LogP contribution in [0.25, 0.3) is 0 Å². The Bertz CT molecular complexity index is 798. The fourth-order valence-corrected chi connectivity index (χ4v) is 2.70. The number of carboxylic acid groups (broad SMARTS) is 2. The van der Waals surface area contributed by atoms with Gasteiger partial charge in [-0.1, -0.05) is 20.3 Å². The molecule has 0 spiro atoms. The largest absolute Gasteiger partial charge is 0.481 e. The van der Waals surface area contributed by atoms with Crippen LogP contribution in [0.2, 0.25) is 0 Å². The van der Waals surface area contributed by atoms with Crippen molar-refractivity contribution in [3.05, 3.63) is 18.2 Å². The van der Waals surface area contributed by atoms with Crippen LogP contribution < -0.4 is 21.7 Å². The number of aromatic amines is 1. The van der Waals surface area contributed by atoms with E-state index < -0.39 is 60.8 Å². The topological polar surface area (TPSA) is 217 Å². The Morgan fingerprint density at radius 3 is 2.25 bits per heavy atom. The predicted octanol–water partition coefficient (Wildman–Crippen LogP) is -1.64. The Balaban J connectivity index is 2.99. The summed E-state index contributed by atoms with van der Waals surface area (Å²) in [6, 6.07) is -3.32. The van der Waals surface area contributed by atoms with Gasteiger partial charge in [0.2, 0.25) is 17.7 Å². The lowest BCUT2D eigenvalue weighted by atomic mass is 9.98. The monoisotopic (exact) mass is 454 g/mol. The molecule has 4 atom stereocenters. The molecule has 0 saturated carbocycles. The van der Waals surface area contributed by atoms with Crippen molar-refractivity contribution in [3.8, 4) is 0 Å². The lowest BCUT2D eigenvalue weighted by Crippen LogP contribution is -2.57. The molecule has 1 rings (SSSR count). The smallest absolute Gasteiger partial charge is 0.322 e. The Kier molecular flexibility index (Phi) is 10.8. The molecular formula is C19H30N6O7. The molecular weight excluding hydrogens is 424 g/mol. The number of H-pyrrole nitrogens is 1. The van der Waals surface area contributed by atoms with Crippen LogP contribution in [-0.4, -0.2) is 74.5 Å². The number of carbonyl (C=O) groups is 5. The maximum absolute atomic E-state index is 12.9. The molecule has 1 aromatic rings. The third-order valence-corrected chi connectivity index (χ3v) is 4.87. The molecule has 0 aliphatic heterocycles. The van der Waals surface area contributed by atoms with Crippen LogP contribution in [0, 0.1) is 5.92 Å². The number of nitrogens with zero attached hydrogens (tertiary/aromatic N) is 1. The molecule has 32 heavy (non-hydrogen) atoms. The molecule has 0 radical (unpaired) electrons. The van der Waals surface area contributed by atoms with E-state index >= 15 is 0 Å². The van der Waals surface area contributed by atoms with Gasteiger partial charge in [-0.2, -0.15) is 0 Å². The average Bonchev–Trinajstić information content (AvgIpc) is 3.25. The number of aliphatic carboxylic acids is 2. The maximum Gasteiger partial charge on any atom is 0.322 e. The number of nitrogens with two attached hydrogens (primary N) is 1. The SMILES string of the molecule is CCC(C)C(N)C(=O)NC(Cc1cnc[nH]1)C(=O)NC(CCC(=O)O)C(=O)NCC(=O)O. The zero-order valence-corrected chi connectivity index (χ0v) is 18.0.